The molecule has 0 aliphatic carbocycles. The standard InChI is InChI=1S/C20H22FN7O2/c1-27-9-23-14-6-12(16(29)7-11(14)20(27)30)19-22-8-17(25-26-19)28(2)15-5-10-3-4-13(24-10)18(15)21/h6-10,13,15,18,24,29H,3-5H2,1-2H3/t10?,13?,15-,18+/m1/s1. The molecule has 2 aromatic heterocycles. The number of aromatic hydroxyl groups is 1. The molecule has 2 saturated heterocycles. The first kappa shape index (κ1) is 18.9. The van der Waals surface area contributed by atoms with Gasteiger partial charge in [-0.15, -0.1) is 10.2 Å². The number of nitrogens with zero attached hydrogens (tertiary/aromatic N) is 6. The molecular formula is C20H22FN7O2. The summed E-state index contributed by atoms with van der Waals surface area (Å²) in [5.74, 6) is 0.547. The molecule has 2 aliphatic heterocycles. The Morgan fingerprint density at radius 2 is 2.10 bits per heavy atom. The summed E-state index contributed by atoms with van der Waals surface area (Å²) in [7, 11) is 3.40. The second-order valence-corrected chi connectivity index (χ2v) is 8.09. The molecule has 9 nitrogen and oxygen atoms in total. The van der Waals surface area contributed by atoms with Crippen molar-refractivity contribution in [2.45, 2.75) is 43.6 Å². The molecule has 0 amide bonds. The third kappa shape index (κ3) is 2.98. The van der Waals surface area contributed by atoms with E-state index in [2.05, 4.69) is 25.5 Å². The van der Waals surface area contributed by atoms with Crippen LogP contribution in [-0.2, 0) is 7.05 Å². The Balaban J connectivity index is 1.44. The molecule has 10 heteroatoms. The number of rotatable bonds is 3. The average Bonchev–Trinajstić information content (AvgIpc) is 3.17. The Morgan fingerprint density at radius 3 is 2.87 bits per heavy atom. The maximum atomic E-state index is 14.8. The van der Waals surface area contributed by atoms with Crippen LogP contribution in [-0.4, -0.2) is 61.2 Å². The summed E-state index contributed by atoms with van der Waals surface area (Å²) in [6.45, 7) is 0. The number of anilines is 1. The van der Waals surface area contributed by atoms with Crippen LogP contribution in [0.5, 0.6) is 5.75 Å². The van der Waals surface area contributed by atoms with Gasteiger partial charge in [-0.25, -0.2) is 14.4 Å². The largest absolute Gasteiger partial charge is 0.507 e. The van der Waals surface area contributed by atoms with Gasteiger partial charge in [-0.1, -0.05) is 0 Å². The molecule has 2 aliphatic rings. The van der Waals surface area contributed by atoms with E-state index in [0.29, 0.717) is 34.7 Å². The van der Waals surface area contributed by atoms with Gasteiger partial charge in [0.1, 0.15) is 11.9 Å². The molecule has 0 saturated carbocycles. The fraction of sp³-hybridized carbons (Fsp3) is 0.450. The predicted molar refractivity (Wildman–Crippen MR) is 109 cm³/mol. The Labute approximate surface area is 171 Å². The molecular weight excluding hydrogens is 389 g/mol. The van der Waals surface area contributed by atoms with E-state index in [1.54, 1.807) is 25.1 Å². The number of aromatic nitrogens is 5. The summed E-state index contributed by atoms with van der Waals surface area (Å²) in [6.07, 6.45) is 4.54. The van der Waals surface area contributed by atoms with Crippen LogP contribution >= 0.6 is 0 Å². The number of phenolic OH excluding ortho intramolecular Hbond substituents is 1. The number of nitrogens with one attached hydrogen (secondary N) is 1. The molecule has 3 aromatic rings. The number of hydrogen-bond donors (Lipinski definition) is 2. The topological polar surface area (TPSA) is 109 Å². The summed E-state index contributed by atoms with van der Waals surface area (Å²) >= 11 is 0. The lowest BCUT2D eigenvalue weighted by Crippen LogP contribution is -2.55. The van der Waals surface area contributed by atoms with Gasteiger partial charge in [0.2, 0.25) is 0 Å². The van der Waals surface area contributed by atoms with E-state index in [9.17, 15) is 14.3 Å². The van der Waals surface area contributed by atoms with Crippen LogP contribution in [0.4, 0.5) is 10.2 Å². The molecule has 2 bridgehead atoms. The van der Waals surface area contributed by atoms with Crippen LogP contribution in [0.1, 0.15) is 19.3 Å². The maximum Gasteiger partial charge on any atom is 0.261 e. The van der Waals surface area contributed by atoms with Crippen LogP contribution in [0, 0.1) is 0 Å². The average molecular weight is 411 g/mol. The van der Waals surface area contributed by atoms with E-state index < -0.39 is 6.17 Å². The molecule has 30 heavy (non-hydrogen) atoms. The van der Waals surface area contributed by atoms with Crippen molar-refractivity contribution in [1.29, 1.82) is 0 Å². The van der Waals surface area contributed by atoms with Crippen molar-refractivity contribution in [3.05, 3.63) is 35.0 Å². The van der Waals surface area contributed by atoms with E-state index in [-0.39, 0.29) is 29.2 Å². The van der Waals surface area contributed by atoms with Gasteiger partial charge in [-0.2, -0.15) is 0 Å². The fourth-order valence-electron chi connectivity index (χ4n) is 4.50. The highest BCUT2D eigenvalue weighted by Gasteiger charge is 2.43. The smallest absolute Gasteiger partial charge is 0.261 e. The molecule has 0 spiro atoms. The molecule has 1 aromatic carbocycles. The Morgan fingerprint density at radius 1 is 1.27 bits per heavy atom. The third-order valence-corrected chi connectivity index (χ3v) is 6.24. The summed E-state index contributed by atoms with van der Waals surface area (Å²) < 4.78 is 16.2. The minimum atomic E-state index is -0.978. The van der Waals surface area contributed by atoms with Gasteiger partial charge in [-0.3, -0.25) is 4.79 Å². The molecule has 0 radical (unpaired) electrons. The van der Waals surface area contributed by atoms with Crippen molar-refractivity contribution in [1.82, 2.24) is 30.0 Å². The molecule has 5 rings (SSSR count). The normalized spacial score (nSPS) is 25.6. The molecule has 2 fully saturated rings. The predicted octanol–water partition coefficient (Wildman–Crippen LogP) is 1.16. The molecule has 4 atom stereocenters. The Kier molecular flexibility index (Phi) is 4.39. The van der Waals surface area contributed by atoms with Gasteiger partial charge in [-0.05, 0) is 31.4 Å². The van der Waals surface area contributed by atoms with Gasteiger partial charge in [0, 0.05) is 26.2 Å². The first-order chi connectivity index (χ1) is 14.4. The van der Waals surface area contributed by atoms with Gasteiger partial charge in [0.05, 0.1) is 35.0 Å². The van der Waals surface area contributed by atoms with E-state index in [0.717, 1.165) is 12.8 Å². The monoisotopic (exact) mass is 411 g/mol. The second-order valence-electron chi connectivity index (χ2n) is 8.09. The van der Waals surface area contributed by atoms with Crippen LogP contribution in [0.3, 0.4) is 0 Å². The first-order valence-electron chi connectivity index (χ1n) is 9.94. The third-order valence-electron chi connectivity index (χ3n) is 6.24. The zero-order valence-electron chi connectivity index (χ0n) is 16.7. The second kappa shape index (κ2) is 6.98. The summed E-state index contributed by atoms with van der Waals surface area (Å²) in [6, 6.07) is 2.88. The van der Waals surface area contributed by atoms with Crippen LogP contribution in [0.15, 0.2) is 29.5 Å². The molecule has 156 valence electrons. The number of phenols is 1. The summed E-state index contributed by atoms with van der Waals surface area (Å²) in [5, 5.41) is 22.4. The van der Waals surface area contributed by atoms with Crippen LogP contribution in [0.2, 0.25) is 0 Å². The molecule has 2 unspecified atom stereocenters. The lowest BCUT2D eigenvalue weighted by atomic mass is 9.96. The summed E-state index contributed by atoms with van der Waals surface area (Å²) in [5.41, 5.74) is 0.504. The van der Waals surface area contributed by atoms with Crippen molar-refractivity contribution in [3.63, 3.8) is 0 Å². The number of piperidine rings is 1. The lowest BCUT2D eigenvalue weighted by molar-refractivity contribution is 0.176. The number of alkyl halides is 1. The lowest BCUT2D eigenvalue weighted by Gasteiger charge is -2.38. The van der Waals surface area contributed by atoms with Gasteiger partial charge in [0.25, 0.3) is 5.56 Å². The van der Waals surface area contributed by atoms with E-state index in [4.69, 9.17) is 0 Å². The van der Waals surface area contributed by atoms with Crippen molar-refractivity contribution < 1.29 is 9.50 Å². The SMILES string of the molecule is CN(c1cnc(-c2cc3ncn(C)c(=O)c3cc2O)nn1)[C@@H]1CC2CCC(N2)[C@@H]1F. The molecule has 4 heterocycles. The van der Waals surface area contributed by atoms with E-state index in [1.165, 1.54) is 23.2 Å². The van der Waals surface area contributed by atoms with Crippen molar-refractivity contribution in [2.24, 2.45) is 7.05 Å². The van der Waals surface area contributed by atoms with Crippen molar-refractivity contribution in [2.75, 3.05) is 11.9 Å². The van der Waals surface area contributed by atoms with Crippen LogP contribution < -0.4 is 15.8 Å². The zero-order chi connectivity index (χ0) is 21.0. The zero-order valence-corrected chi connectivity index (χ0v) is 16.7. The van der Waals surface area contributed by atoms with Crippen molar-refractivity contribution >= 4 is 16.7 Å². The van der Waals surface area contributed by atoms with Gasteiger partial charge >= 0.3 is 0 Å². The fourth-order valence-corrected chi connectivity index (χ4v) is 4.50. The maximum absolute atomic E-state index is 14.8. The number of aryl methyl sites for hydroxylation is 1. The number of hydrogen-bond acceptors (Lipinski definition) is 8. The number of halogens is 1. The quantitative estimate of drug-likeness (QED) is 0.661. The Hall–Kier alpha value is -3.14. The van der Waals surface area contributed by atoms with Crippen molar-refractivity contribution in [3.8, 4) is 17.1 Å². The first-order valence-corrected chi connectivity index (χ1v) is 9.94. The van der Waals surface area contributed by atoms with Gasteiger partial charge in [0.15, 0.2) is 11.6 Å². The highest BCUT2D eigenvalue weighted by atomic mass is 19.1. The Bertz CT molecular complexity index is 1170. The minimum absolute atomic E-state index is 0.105. The van der Waals surface area contributed by atoms with Gasteiger partial charge < -0.3 is 19.9 Å². The molecule has 2 N–H and O–H groups in total. The van der Waals surface area contributed by atoms with Crippen LogP contribution in [0.25, 0.3) is 22.3 Å². The summed E-state index contributed by atoms with van der Waals surface area (Å²) in [4.78, 5) is 22.6. The highest BCUT2D eigenvalue weighted by molar-refractivity contribution is 5.85. The number of benzene rings is 1. The minimum Gasteiger partial charge on any atom is -0.507 e. The van der Waals surface area contributed by atoms with E-state index in [1.807, 2.05) is 0 Å². The highest BCUT2D eigenvalue weighted by Crippen LogP contribution is 2.33. The number of fused-ring (bicyclic) bond motifs is 3. The van der Waals surface area contributed by atoms with E-state index >= 15 is 0 Å².